The van der Waals surface area contributed by atoms with Gasteiger partial charge in [-0.2, -0.15) is 15.0 Å². The summed E-state index contributed by atoms with van der Waals surface area (Å²) in [7, 11) is 1.50. The third-order valence-corrected chi connectivity index (χ3v) is 3.42. The van der Waals surface area contributed by atoms with Gasteiger partial charge in [-0.3, -0.25) is 0 Å². The third kappa shape index (κ3) is 3.43. The smallest absolute Gasteiger partial charge is 0.322 e. The zero-order valence-corrected chi connectivity index (χ0v) is 11.4. The van der Waals surface area contributed by atoms with E-state index in [1.165, 1.54) is 7.11 Å². The number of methoxy groups -OCH3 is 1. The van der Waals surface area contributed by atoms with E-state index in [-0.39, 0.29) is 16.7 Å². The van der Waals surface area contributed by atoms with Crippen molar-refractivity contribution in [3.63, 3.8) is 0 Å². The van der Waals surface area contributed by atoms with E-state index >= 15 is 0 Å². The molecule has 1 aromatic rings. The lowest BCUT2D eigenvalue weighted by atomic mass is 9.81. The number of aromatic nitrogens is 3. The normalized spacial score (nSPS) is 18.4. The number of piperidine rings is 1. The molecule has 0 unspecified atom stereocenters. The van der Waals surface area contributed by atoms with Gasteiger partial charge in [-0.25, -0.2) is 0 Å². The monoisotopic (exact) mass is 271 g/mol. The van der Waals surface area contributed by atoms with Crippen molar-refractivity contribution >= 4 is 17.5 Å². The summed E-state index contributed by atoms with van der Waals surface area (Å²) in [5.74, 6) is 0.464. The first-order chi connectivity index (χ1) is 8.61. The molecule has 0 atom stereocenters. The largest absolute Gasteiger partial charge is 0.467 e. The minimum absolute atomic E-state index is 0.139. The Morgan fingerprint density at radius 2 is 2.06 bits per heavy atom. The SMILES string of the molecule is COc1nc(Cl)nc(NCC2(C)CCNCC2)n1. The van der Waals surface area contributed by atoms with Gasteiger partial charge in [0.25, 0.3) is 0 Å². The molecular formula is C11H18ClN5O. The van der Waals surface area contributed by atoms with Crippen LogP contribution in [0, 0.1) is 5.41 Å². The molecular weight excluding hydrogens is 254 g/mol. The lowest BCUT2D eigenvalue weighted by Gasteiger charge is -2.34. The predicted molar refractivity (Wildman–Crippen MR) is 70.1 cm³/mol. The second-order valence-corrected chi connectivity index (χ2v) is 5.17. The summed E-state index contributed by atoms with van der Waals surface area (Å²) in [6.07, 6.45) is 2.27. The average molecular weight is 272 g/mol. The van der Waals surface area contributed by atoms with Gasteiger partial charge in [0.2, 0.25) is 11.2 Å². The number of nitrogens with zero attached hydrogens (tertiary/aromatic N) is 3. The van der Waals surface area contributed by atoms with E-state index in [9.17, 15) is 0 Å². The fourth-order valence-electron chi connectivity index (χ4n) is 2.00. The molecule has 0 spiro atoms. The number of hydrogen-bond donors (Lipinski definition) is 2. The Balaban J connectivity index is 1.98. The van der Waals surface area contributed by atoms with E-state index in [0.717, 1.165) is 32.5 Å². The summed E-state index contributed by atoms with van der Waals surface area (Å²) >= 11 is 5.79. The lowest BCUT2D eigenvalue weighted by molar-refractivity contribution is 0.246. The van der Waals surface area contributed by atoms with Gasteiger partial charge in [0.1, 0.15) is 0 Å². The Bertz CT molecular complexity index is 408. The summed E-state index contributed by atoms with van der Waals surface area (Å²) < 4.78 is 4.96. The summed E-state index contributed by atoms with van der Waals surface area (Å²) in [4.78, 5) is 12.0. The zero-order valence-electron chi connectivity index (χ0n) is 10.7. The van der Waals surface area contributed by atoms with Crippen LogP contribution < -0.4 is 15.4 Å². The van der Waals surface area contributed by atoms with E-state index < -0.39 is 0 Å². The average Bonchev–Trinajstić information content (AvgIpc) is 2.37. The van der Waals surface area contributed by atoms with E-state index in [4.69, 9.17) is 16.3 Å². The first kappa shape index (κ1) is 13.3. The molecule has 1 saturated heterocycles. The van der Waals surface area contributed by atoms with Crippen LogP contribution in [0.3, 0.4) is 0 Å². The highest BCUT2D eigenvalue weighted by molar-refractivity contribution is 6.28. The third-order valence-electron chi connectivity index (χ3n) is 3.25. The predicted octanol–water partition coefficient (Wildman–Crippen LogP) is 1.34. The zero-order chi connectivity index (χ0) is 13.0. The van der Waals surface area contributed by atoms with Gasteiger partial charge in [-0.05, 0) is 42.9 Å². The van der Waals surface area contributed by atoms with Crippen LogP contribution in [0.4, 0.5) is 5.95 Å². The number of ether oxygens (including phenoxy) is 1. The van der Waals surface area contributed by atoms with Crippen LogP contribution in [0.15, 0.2) is 0 Å². The number of anilines is 1. The molecule has 6 nitrogen and oxygen atoms in total. The highest BCUT2D eigenvalue weighted by Gasteiger charge is 2.26. The Kier molecular flexibility index (Phi) is 4.19. The molecule has 1 aromatic heterocycles. The molecule has 100 valence electrons. The molecule has 0 amide bonds. The highest BCUT2D eigenvalue weighted by Crippen LogP contribution is 2.27. The summed E-state index contributed by atoms with van der Waals surface area (Å²) in [6.45, 7) is 5.19. The van der Waals surface area contributed by atoms with Crippen molar-refractivity contribution in [1.29, 1.82) is 0 Å². The molecule has 2 rings (SSSR count). The van der Waals surface area contributed by atoms with Gasteiger partial charge in [0, 0.05) is 6.54 Å². The van der Waals surface area contributed by atoms with Gasteiger partial charge < -0.3 is 15.4 Å². The number of halogens is 1. The first-order valence-electron chi connectivity index (χ1n) is 6.01. The van der Waals surface area contributed by atoms with Crippen LogP contribution >= 0.6 is 11.6 Å². The molecule has 0 radical (unpaired) electrons. The van der Waals surface area contributed by atoms with Crippen molar-refractivity contribution in [3.05, 3.63) is 5.28 Å². The Hall–Kier alpha value is -1.14. The fourth-order valence-corrected chi connectivity index (χ4v) is 2.15. The minimum Gasteiger partial charge on any atom is -0.467 e. The van der Waals surface area contributed by atoms with Crippen molar-refractivity contribution < 1.29 is 4.74 Å². The molecule has 2 heterocycles. The van der Waals surface area contributed by atoms with Crippen molar-refractivity contribution in [1.82, 2.24) is 20.3 Å². The number of hydrogen-bond acceptors (Lipinski definition) is 6. The maximum atomic E-state index is 5.79. The van der Waals surface area contributed by atoms with Gasteiger partial charge in [0.15, 0.2) is 0 Å². The molecule has 18 heavy (non-hydrogen) atoms. The second kappa shape index (κ2) is 5.67. The van der Waals surface area contributed by atoms with E-state index in [1.54, 1.807) is 0 Å². The summed E-state index contributed by atoms with van der Waals surface area (Å²) in [5.41, 5.74) is 0.261. The molecule has 0 saturated carbocycles. The molecule has 0 aliphatic carbocycles. The first-order valence-corrected chi connectivity index (χ1v) is 6.39. The summed E-state index contributed by atoms with van der Waals surface area (Å²) in [5, 5.41) is 6.71. The van der Waals surface area contributed by atoms with Crippen LogP contribution in [0.25, 0.3) is 0 Å². The maximum absolute atomic E-state index is 5.79. The van der Waals surface area contributed by atoms with Crippen LogP contribution in [0.5, 0.6) is 6.01 Å². The molecule has 0 bridgehead atoms. The lowest BCUT2D eigenvalue weighted by Crippen LogP contribution is -2.39. The molecule has 1 aliphatic heterocycles. The van der Waals surface area contributed by atoms with Crippen LogP contribution in [0.1, 0.15) is 19.8 Å². The quantitative estimate of drug-likeness (QED) is 0.861. The fraction of sp³-hybridized carbons (Fsp3) is 0.727. The van der Waals surface area contributed by atoms with E-state index in [0.29, 0.717) is 5.95 Å². The van der Waals surface area contributed by atoms with Gasteiger partial charge in [0.05, 0.1) is 7.11 Å². The number of nitrogens with one attached hydrogen (secondary N) is 2. The standard InChI is InChI=1S/C11H18ClN5O/c1-11(3-5-13-6-4-11)7-14-9-15-8(12)16-10(17-9)18-2/h13H,3-7H2,1-2H3,(H,14,15,16,17). The van der Waals surface area contributed by atoms with Crippen molar-refractivity contribution in [2.75, 3.05) is 32.1 Å². The topological polar surface area (TPSA) is 72.0 Å². The molecule has 2 N–H and O–H groups in total. The van der Waals surface area contributed by atoms with Gasteiger partial charge in [-0.15, -0.1) is 0 Å². The Morgan fingerprint density at radius 1 is 1.33 bits per heavy atom. The Morgan fingerprint density at radius 3 is 2.72 bits per heavy atom. The maximum Gasteiger partial charge on any atom is 0.322 e. The van der Waals surface area contributed by atoms with Crippen LogP contribution in [-0.4, -0.2) is 41.7 Å². The molecule has 0 aromatic carbocycles. The van der Waals surface area contributed by atoms with E-state index in [1.807, 2.05) is 0 Å². The van der Waals surface area contributed by atoms with Crippen molar-refractivity contribution in [2.24, 2.45) is 5.41 Å². The van der Waals surface area contributed by atoms with Gasteiger partial charge in [-0.1, -0.05) is 6.92 Å². The summed E-state index contributed by atoms with van der Waals surface area (Å²) in [6, 6.07) is 0.230. The Labute approximate surface area is 112 Å². The van der Waals surface area contributed by atoms with Crippen LogP contribution in [-0.2, 0) is 0 Å². The van der Waals surface area contributed by atoms with Crippen molar-refractivity contribution in [2.45, 2.75) is 19.8 Å². The number of rotatable bonds is 4. The minimum atomic E-state index is 0.139. The molecule has 1 aliphatic rings. The molecule has 1 fully saturated rings. The van der Waals surface area contributed by atoms with Crippen LogP contribution in [0.2, 0.25) is 5.28 Å². The van der Waals surface area contributed by atoms with Crippen molar-refractivity contribution in [3.8, 4) is 6.01 Å². The van der Waals surface area contributed by atoms with Gasteiger partial charge >= 0.3 is 6.01 Å². The molecule has 7 heteroatoms. The van der Waals surface area contributed by atoms with E-state index in [2.05, 4.69) is 32.5 Å². The second-order valence-electron chi connectivity index (χ2n) is 4.83. The highest BCUT2D eigenvalue weighted by atomic mass is 35.5.